The van der Waals surface area contributed by atoms with Crippen molar-refractivity contribution in [3.63, 3.8) is 0 Å². The van der Waals surface area contributed by atoms with E-state index in [-0.39, 0.29) is 29.6 Å². The molecule has 3 aromatic heterocycles. The van der Waals surface area contributed by atoms with Gasteiger partial charge in [0, 0.05) is 29.5 Å². The molecule has 0 saturated heterocycles. The number of aromatic nitrogens is 6. The third-order valence-corrected chi connectivity index (χ3v) is 5.94. The third kappa shape index (κ3) is 4.16. The molecule has 0 amide bonds. The van der Waals surface area contributed by atoms with E-state index in [4.69, 9.17) is 0 Å². The number of hydrogen-bond acceptors (Lipinski definition) is 6. The molecule has 0 spiro atoms. The first-order chi connectivity index (χ1) is 15.9. The Morgan fingerprint density at radius 1 is 1.18 bits per heavy atom. The quantitative estimate of drug-likeness (QED) is 0.425. The van der Waals surface area contributed by atoms with Crippen LogP contribution in [0.5, 0.6) is 5.75 Å². The molecule has 0 atom stereocenters. The minimum Gasteiger partial charge on any atom is -0.507 e. The zero-order valence-electron chi connectivity index (χ0n) is 18.9. The predicted octanol–water partition coefficient (Wildman–Crippen LogP) is 4.42. The number of Topliss-reactive ketones (excluding diaryl/α,β-unsaturated/α-hetero) is 1. The summed E-state index contributed by atoms with van der Waals surface area (Å²) in [7, 11) is 0. The molecular formula is C25H26N6O2. The summed E-state index contributed by atoms with van der Waals surface area (Å²) in [6.45, 7) is 6.04. The van der Waals surface area contributed by atoms with Gasteiger partial charge in [-0.15, -0.1) is 10.2 Å². The summed E-state index contributed by atoms with van der Waals surface area (Å²) in [4.78, 5) is 22.2. The van der Waals surface area contributed by atoms with Crippen molar-refractivity contribution in [1.82, 2.24) is 29.3 Å². The number of rotatable bonds is 7. The van der Waals surface area contributed by atoms with Crippen LogP contribution in [0, 0.1) is 6.92 Å². The molecule has 1 aliphatic carbocycles. The van der Waals surface area contributed by atoms with Gasteiger partial charge >= 0.3 is 0 Å². The van der Waals surface area contributed by atoms with Gasteiger partial charge in [-0.1, -0.05) is 6.07 Å². The maximum absolute atomic E-state index is 13.1. The zero-order chi connectivity index (χ0) is 23.1. The van der Waals surface area contributed by atoms with Crippen LogP contribution in [0.25, 0.3) is 17.2 Å². The lowest BCUT2D eigenvalue weighted by molar-refractivity contribution is 0.0989. The van der Waals surface area contributed by atoms with Crippen molar-refractivity contribution in [2.24, 2.45) is 0 Å². The first kappa shape index (κ1) is 21.1. The summed E-state index contributed by atoms with van der Waals surface area (Å²) in [6.07, 6.45) is 6.17. The molecule has 1 aliphatic rings. The topological polar surface area (TPSA) is 98.7 Å². The van der Waals surface area contributed by atoms with E-state index in [9.17, 15) is 9.90 Å². The summed E-state index contributed by atoms with van der Waals surface area (Å²) < 4.78 is 3.91. The fourth-order valence-electron chi connectivity index (χ4n) is 4.10. The second kappa shape index (κ2) is 8.27. The van der Waals surface area contributed by atoms with E-state index in [0.29, 0.717) is 23.1 Å². The van der Waals surface area contributed by atoms with E-state index >= 15 is 0 Å². The summed E-state index contributed by atoms with van der Waals surface area (Å²) in [6, 6.07) is 10.8. The Labute approximate surface area is 192 Å². The van der Waals surface area contributed by atoms with Gasteiger partial charge in [0.05, 0.1) is 24.0 Å². The molecule has 1 aromatic carbocycles. The third-order valence-electron chi connectivity index (χ3n) is 5.94. The number of ketones is 1. The lowest BCUT2D eigenvalue weighted by atomic mass is 10.0. The van der Waals surface area contributed by atoms with E-state index in [2.05, 4.69) is 34.0 Å². The van der Waals surface area contributed by atoms with Gasteiger partial charge in [-0.25, -0.2) is 9.97 Å². The highest BCUT2D eigenvalue weighted by Crippen LogP contribution is 2.39. The average molecular weight is 443 g/mol. The average Bonchev–Trinajstić information content (AvgIpc) is 3.39. The summed E-state index contributed by atoms with van der Waals surface area (Å²) >= 11 is 0. The van der Waals surface area contributed by atoms with Gasteiger partial charge in [0.25, 0.3) is 0 Å². The summed E-state index contributed by atoms with van der Waals surface area (Å²) in [5.74, 6) is 1.79. The molecule has 4 aromatic rings. The Kier molecular flexibility index (Phi) is 5.28. The van der Waals surface area contributed by atoms with Gasteiger partial charge in [-0.05, 0) is 63.9 Å². The Hall–Kier alpha value is -3.81. The number of benzene rings is 1. The Bertz CT molecular complexity index is 1330. The van der Waals surface area contributed by atoms with Crippen LogP contribution in [0.3, 0.4) is 0 Å². The Balaban J connectivity index is 1.40. The molecule has 0 aliphatic heterocycles. The molecule has 8 heteroatoms. The van der Waals surface area contributed by atoms with Crippen molar-refractivity contribution in [2.45, 2.75) is 52.0 Å². The van der Waals surface area contributed by atoms with E-state index in [1.165, 1.54) is 12.8 Å². The van der Waals surface area contributed by atoms with Crippen molar-refractivity contribution < 1.29 is 9.90 Å². The van der Waals surface area contributed by atoms with Crippen LogP contribution in [0.1, 0.15) is 66.2 Å². The number of aryl methyl sites for hydroxylation is 1. The standard InChI is InChI=1S/C25H26N6O2/c1-15(2)31-16(3)28-29-25(31)21-6-4-5-18(27-21)11-24(33)20-12-19(9-10-23(20)32)30-13-22(26-14-30)17-7-8-17/h4-6,9-10,12-15,17,32H,7-8,11H2,1-3H3. The van der Waals surface area contributed by atoms with Gasteiger partial charge in [-0.3, -0.25) is 4.79 Å². The van der Waals surface area contributed by atoms with Gasteiger partial charge in [-0.2, -0.15) is 0 Å². The molecule has 0 radical (unpaired) electrons. The SMILES string of the molecule is Cc1nnc(-c2cccc(CC(=O)c3cc(-n4cnc(C5CC5)c4)ccc3O)n2)n1C(C)C. The minimum absolute atomic E-state index is 0.0439. The molecule has 1 saturated carbocycles. The summed E-state index contributed by atoms with van der Waals surface area (Å²) in [5, 5.41) is 18.8. The lowest BCUT2D eigenvalue weighted by Gasteiger charge is -2.12. The fraction of sp³-hybridized carbons (Fsp3) is 0.320. The van der Waals surface area contributed by atoms with Crippen molar-refractivity contribution >= 4 is 5.78 Å². The van der Waals surface area contributed by atoms with Crippen LogP contribution in [0.2, 0.25) is 0 Å². The maximum Gasteiger partial charge on any atom is 0.182 e. The number of imidazole rings is 1. The molecule has 0 bridgehead atoms. The molecular weight excluding hydrogens is 416 g/mol. The molecule has 8 nitrogen and oxygen atoms in total. The van der Waals surface area contributed by atoms with Gasteiger partial charge in [0.15, 0.2) is 11.6 Å². The Morgan fingerprint density at radius 3 is 2.76 bits per heavy atom. The van der Waals surface area contributed by atoms with Crippen LogP contribution in [-0.4, -0.2) is 40.2 Å². The molecule has 3 heterocycles. The first-order valence-corrected chi connectivity index (χ1v) is 11.2. The van der Waals surface area contributed by atoms with Crippen molar-refractivity contribution in [1.29, 1.82) is 0 Å². The normalized spacial score (nSPS) is 13.6. The number of carbonyl (C=O) groups excluding carboxylic acids is 1. The number of hydrogen-bond donors (Lipinski definition) is 1. The highest BCUT2D eigenvalue weighted by Gasteiger charge is 2.26. The molecule has 33 heavy (non-hydrogen) atoms. The van der Waals surface area contributed by atoms with Crippen LogP contribution in [-0.2, 0) is 6.42 Å². The van der Waals surface area contributed by atoms with Crippen LogP contribution in [0.15, 0.2) is 48.9 Å². The first-order valence-electron chi connectivity index (χ1n) is 11.2. The van der Waals surface area contributed by atoms with E-state index in [1.54, 1.807) is 24.5 Å². The van der Waals surface area contributed by atoms with Crippen LogP contribution >= 0.6 is 0 Å². The number of nitrogens with zero attached hydrogens (tertiary/aromatic N) is 6. The minimum atomic E-state index is -0.206. The molecule has 0 unspecified atom stereocenters. The van der Waals surface area contributed by atoms with E-state index in [0.717, 1.165) is 17.2 Å². The highest BCUT2D eigenvalue weighted by molar-refractivity contribution is 6.00. The lowest BCUT2D eigenvalue weighted by Crippen LogP contribution is -2.09. The maximum atomic E-state index is 13.1. The van der Waals surface area contributed by atoms with Crippen LogP contribution in [0.4, 0.5) is 0 Å². The second-order valence-corrected chi connectivity index (χ2v) is 8.83. The van der Waals surface area contributed by atoms with Gasteiger partial charge < -0.3 is 14.2 Å². The monoisotopic (exact) mass is 442 g/mol. The summed E-state index contributed by atoms with van der Waals surface area (Å²) in [5.41, 5.74) is 3.40. The van der Waals surface area contributed by atoms with Crippen molar-refractivity contribution in [3.8, 4) is 23.0 Å². The van der Waals surface area contributed by atoms with E-state index in [1.807, 2.05) is 40.5 Å². The van der Waals surface area contributed by atoms with E-state index < -0.39 is 0 Å². The zero-order valence-corrected chi connectivity index (χ0v) is 18.9. The number of carbonyl (C=O) groups is 1. The van der Waals surface area contributed by atoms with Gasteiger partial charge in [0.2, 0.25) is 0 Å². The molecule has 1 fully saturated rings. The Morgan fingerprint density at radius 2 is 2.00 bits per heavy atom. The highest BCUT2D eigenvalue weighted by atomic mass is 16.3. The molecule has 5 rings (SSSR count). The number of pyridine rings is 1. The largest absolute Gasteiger partial charge is 0.507 e. The van der Waals surface area contributed by atoms with Crippen molar-refractivity contribution in [3.05, 3.63) is 71.7 Å². The predicted molar refractivity (Wildman–Crippen MR) is 124 cm³/mol. The molecule has 168 valence electrons. The number of phenols is 1. The number of aromatic hydroxyl groups is 1. The van der Waals surface area contributed by atoms with Crippen LogP contribution < -0.4 is 0 Å². The smallest absolute Gasteiger partial charge is 0.182 e. The fourth-order valence-corrected chi connectivity index (χ4v) is 4.10. The second-order valence-electron chi connectivity index (χ2n) is 8.83. The molecule has 1 N–H and O–H groups in total. The number of phenolic OH excluding ortho intramolecular Hbond substituents is 1. The van der Waals surface area contributed by atoms with Crippen molar-refractivity contribution in [2.75, 3.05) is 0 Å². The van der Waals surface area contributed by atoms with Gasteiger partial charge in [0.1, 0.15) is 17.3 Å².